The number of pyridine rings is 1. The number of rotatable bonds is 8. The maximum atomic E-state index is 11.7. The van der Waals surface area contributed by atoms with E-state index in [4.69, 9.17) is 4.74 Å². The Labute approximate surface area is 269 Å². The molecule has 7 heteroatoms. The van der Waals surface area contributed by atoms with Gasteiger partial charge in [0.2, 0.25) is 0 Å². The first kappa shape index (κ1) is 32.3. The van der Waals surface area contributed by atoms with Gasteiger partial charge in [-0.3, -0.25) is 4.79 Å². The summed E-state index contributed by atoms with van der Waals surface area (Å²) in [6.07, 6.45) is 15.1. The van der Waals surface area contributed by atoms with E-state index in [-0.39, 0.29) is 50.3 Å². The zero-order valence-corrected chi connectivity index (χ0v) is 27.6. The number of carbonyl (C=O) groups is 1. The summed E-state index contributed by atoms with van der Waals surface area (Å²) in [7, 11) is 0. The normalized spacial score (nSPS) is 14.3. The number of fused-ring (bicyclic) bond motifs is 4. The SMILES string of the molecule is CCC(CC)C(=O)/C=C(\O)C(CC)CC.[Ir].[c-]1cc2c(cc1-c1ccccn1)B1c3ccccc3OC3=CC=CC(=C2)N13. The number of aromatic nitrogens is 1. The van der Waals surface area contributed by atoms with Crippen LogP contribution in [-0.2, 0) is 24.9 Å². The molecule has 0 spiro atoms. The van der Waals surface area contributed by atoms with E-state index in [0.717, 1.165) is 54.3 Å². The minimum absolute atomic E-state index is 0. The van der Waals surface area contributed by atoms with E-state index in [1.807, 2.05) is 76.4 Å². The number of carbonyl (C=O) groups excluding carboxylic acids is 1. The summed E-state index contributed by atoms with van der Waals surface area (Å²) in [5.74, 6) is 2.33. The van der Waals surface area contributed by atoms with E-state index < -0.39 is 0 Å². The molecule has 0 fully saturated rings. The molecule has 0 aliphatic carbocycles. The molecule has 43 heavy (non-hydrogen) atoms. The predicted molar refractivity (Wildman–Crippen MR) is 172 cm³/mol. The summed E-state index contributed by atoms with van der Waals surface area (Å²) in [6.45, 7) is 8.15. The molecular weight excluding hydrogens is 711 g/mol. The third kappa shape index (κ3) is 6.79. The summed E-state index contributed by atoms with van der Waals surface area (Å²) >= 11 is 0. The van der Waals surface area contributed by atoms with E-state index in [1.165, 1.54) is 22.6 Å². The van der Waals surface area contributed by atoms with Crippen LogP contribution < -0.4 is 15.7 Å². The summed E-state index contributed by atoms with van der Waals surface area (Å²) in [5, 5.41) is 9.76. The first-order valence-electron chi connectivity index (χ1n) is 15.1. The Balaban J connectivity index is 0.000000230. The molecule has 0 unspecified atom stereocenters. The van der Waals surface area contributed by atoms with Crippen molar-refractivity contribution in [2.45, 2.75) is 53.4 Å². The van der Waals surface area contributed by atoms with Crippen LogP contribution in [0.5, 0.6) is 5.75 Å². The summed E-state index contributed by atoms with van der Waals surface area (Å²) in [6, 6.07) is 22.0. The molecule has 6 rings (SSSR count). The van der Waals surface area contributed by atoms with Gasteiger partial charge in [0.1, 0.15) is 5.75 Å². The third-order valence-corrected chi connectivity index (χ3v) is 8.34. The predicted octanol–water partition coefficient (Wildman–Crippen LogP) is 6.98. The van der Waals surface area contributed by atoms with Gasteiger partial charge in [-0.15, -0.1) is 34.8 Å². The molecule has 1 N–H and O–H groups in total. The second-order valence-corrected chi connectivity index (χ2v) is 10.8. The molecule has 0 saturated carbocycles. The average Bonchev–Trinajstić information content (AvgIpc) is 3.02. The van der Waals surface area contributed by atoms with Crippen molar-refractivity contribution in [2.75, 3.05) is 0 Å². The molecule has 0 amide bonds. The second kappa shape index (κ2) is 14.7. The van der Waals surface area contributed by atoms with Gasteiger partial charge in [0.25, 0.3) is 0 Å². The van der Waals surface area contributed by atoms with Crippen LogP contribution in [0.25, 0.3) is 17.3 Å². The van der Waals surface area contributed by atoms with Crippen LogP contribution in [-0.4, -0.2) is 27.5 Å². The van der Waals surface area contributed by atoms with Gasteiger partial charge in [0.05, 0.1) is 5.76 Å². The van der Waals surface area contributed by atoms with Gasteiger partial charge in [-0.1, -0.05) is 70.2 Å². The number of aliphatic hydroxyl groups excluding tert-OH is 1. The van der Waals surface area contributed by atoms with Gasteiger partial charge in [-0.25, -0.2) is 0 Å². The van der Waals surface area contributed by atoms with Crippen LogP contribution in [0.4, 0.5) is 0 Å². The molecule has 3 aliphatic heterocycles. The number of aliphatic hydroxyl groups is 1. The molecule has 5 nitrogen and oxygen atoms in total. The van der Waals surface area contributed by atoms with Crippen LogP contribution in [0.3, 0.4) is 0 Å². The third-order valence-electron chi connectivity index (χ3n) is 8.34. The fraction of sp³-hybridized carbons (Fsp3) is 0.278. The Hall–Kier alpha value is -3.67. The molecule has 223 valence electrons. The quantitative estimate of drug-likeness (QED) is 0.117. The minimum Gasteiger partial charge on any atom is -0.512 e. The summed E-state index contributed by atoms with van der Waals surface area (Å²) in [5.41, 5.74) is 6.69. The van der Waals surface area contributed by atoms with Gasteiger partial charge in [-0.2, -0.15) is 0 Å². The molecule has 1 aromatic heterocycles. The van der Waals surface area contributed by atoms with Gasteiger partial charge in [0, 0.05) is 49.9 Å². The first-order valence-corrected chi connectivity index (χ1v) is 15.1. The van der Waals surface area contributed by atoms with Crippen LogP contribution in [0.15, 0.2) is 102 Å². The smallest absolute Gasteiger partial charge is 0.316 e. The zero-order chi connectivity index (χ0) is 29.6. The van der Waals surface area contributed by atoms with E-state index >= 15 is 0 Å². The van der Waals surface area contributed by atoms with Crippen molar-refractivity contribution < 1.29 is 34.7 Å². The average molecular weight is 750 g/mol. The molecule has 0 saturated heterocycles. The fourth-order valence-corrected chi connectivity index (χ4v) is 5.84. The maximum Gasteiger partial charge on any atom is 0.316 e. The minimum atomic E-state index is 0. The topological polar surface area (TPSA) is 62.7 Å². The molecule has 0 atom stereocenters. The van der Waals surface area contributed by atoms with Crippen molar-refractivity contribution in [1.82, 2.24) is 9.79 Å². The molecule has 1 radical (unpaired) electrons. The number of hydrogen-bond acceptors (Lipinski definition) is 5. The number of nitrogens with zero attached hydrogens (tertiary/aromatic N) is 2. The fourth-order valence-electron chi connectivity index (χ4n) is 5.84. The van der Waals surface area contributed by atoms with Gasteiger partial charge in [-0.05, 0) is 61.1 Å². The van der Waals surface area contributed by atoms with Crippen molar-refractivity contribution >= 4 is 29.6 Å². The van der Waals surface area contributed by atoms with Gasteiger partial charge in [0.15, 0.2) is 11.7 Å². The van der Waals surface area contributed by atoms with Gasteiger partial charge < -0.3 is 19.6 Å². The van der Waals surface area contributed by atoms with E-state index in [9.17, 15) is 9.90 Å². The first-order chi connectivity index (χ1) is 20.5. The van der Waals surface area contributed by atoms with Crippen molar-refractivity contribution in [2.24, 2.45) is 11.8 Å². The summed E-state index contributed by atoms with van der Waals surface area (Å²) in [4.78, 5) is 18.5. The van der Waals surface area contributed by atoms with Crippen molar-refractivity contribution in [3.63, 3.8) is 0 Å². The van der Waals surface area contributed by atoms with E-state index in [2.05, 4.69) is 52.3 Å². The van der Waals surface area contributed by atoms with Crippen LogP contribution >= 0.6 is 0 Å². The number of para-hydroxylation sites is 1. The maximum absolute atomic E-state index is 11.7. The van der Waals surface area contributed by atoms with Crippen molar-refractivity contribution in [3.05, 3.63) is 114 Å². The van der Waals surface area contributed by atoms with Gasteiger partial charge >= 0.3 is 6.85 Å². The Morgan fingerprint density at radius 3 is 2.44 bits per heavy atom. The Morgan fingerprint density at radius 1 is 1.02 bits per heavy atom. The van der Waals surface area contributed by atoms with Crippen LogP contribution in [0.2, 0.25) is 0 Å². The largest absolute Gasteiger partial charge is 0.512 e. The number of ketones is 1. The molecular formula is C36H38BIrN2O3-. The van der Waals surface area contributed by atoms with E-state index in [1.54, 1.807) is 0 Å². The van der Waals surface area contributed by atoms with Crippen molar-refractivity contribution in [1.29, 1.82) is 0 Å². The Kier molecular flexibility index (Phi) is 11.0. The van der Waals surface area contributed by atoms with Crippen LogP contribution in [0, 0.1) is 17.9 Å². The molecule has 3 aromatic rings. The monoisotopic (exact) mass is 750 g/mol. The number of hydrogen-bond donors (Lipinski definition) is 1. The molecule has 3 aliphatic rings. The Morgan fingerprint density at radius 2 is 1.74 bits per heavy atom. The second-order valence-electron chi connectivity index (χ2n) is 10.8. The van der Waals surface area contributed by atoms with E-state index in [0.29, 0.717) is 0 Å². The standard InChI is InChI=1S/C23H14BN2O.C13H24O2.Ir/c1-2-9-22-19(7-1)24-20-15-17(21-8-3-4-13-25-21)12-11-16(20)14-18-6-5-10-23(27-22)26(18)24;1-5-10(6-2)12(14)9-13(15)11(7-3)8-4;/h1-11,13-15H;9-11,14H,5-8H2,1-4H3;/q-1;;/b;12-9-;. The number of benzene rings is 2. The van der Waals surface area contributed by atoms with Crippen LogP contribution in [0.1, 0.15) is 58.9 Å². The number of allylic oxidation sites excluding steroid dienone is 5. The zero-order valence-electron chi connectivity index (χ0n) is 25.2. The number of ether oxygens (including phenoxy) is 1. The Bertz CT molecular complexity index is 1560. The molecule has 0 bridgehead atoms. The van der Waals surface area contributed by atoms with Crippen molar-refractivity contribution in [3.8, 4) is 17.0 Å². The summed E-state index contributed by atoms with van der Waals surface area (Å²) < 4.78 is 6.18. The molecule has 2 aromatic carbocycles. The molecule has 4 heterocycles.